The van der Waals surface area contributed by atoms with E-state index in [4.69, 9.17) is 42.0 Å². The van der Waals surface area contributed by atoms with Crippen LogP contribution in [0.1, 0.15) is 11.1 Å². The summed E-state index contributed by atoms with van der Waals surface area (Å²) in [6.45, 7) is 1.34. The van der Waals surface area contributed by atoms with Gasteiger partial charge in [-0.2, -0.15) is 0 Å². The Labute approximate surface area is 159 Å². The summed E-state index contributed by atoms with van der Waals surface area (Å²) in [5, 5.41) is 0. The average molecular weight is 383 g/mol. The second kappa shape index (κ2) is 12.3. The van der Waals surface area contributed by atoms with Crippen LogP contribution < -0.4 is 0 Å². The van der Waals surface area contributed by atoms with E-state index in [2.05, 4.69) is 0 Å². The van der Waals surface area contributed by atoms with Crippen LogP contribution in [-0.2, 0) is 32.0 Å². The highest BCUT2D eigenvalue weighted by molar-refractivity contribution is 6.22. The number of ether oxygens (including phenoxy) is 2. The minimum absolute atomic E-state index is 0.0792. The van der Waals surface area contributed by atoms with Crippen LogP contribution in [0.25, 0.3) is 0 Å². The fourth-order valence-corrected chi connectivity index (χ4v) is 2.26. The van der Waals surface area contributed by atoms with Gasteiger partial charge < -0.3 is 18.8 Å². The van der Waals surface area contributed by atoms with Crippen LogP contribution in [0, 0.1) is 0 Å². The number of hydrogen-bond donors (Lipinski definition) is 0. The van der Waals surface area contributed by atoms with Crippen LogP contribution in [0.3, 0.4) is 0 Å². The molecule has 0 fully saturated rings. The molecule has 0 spiro atoms. The van der Waals surface area contributed by atoms with Gasteiger partial charge in [0.05, 0.1) is 26.4 Å². The zero-order chi connectivity index (χ0) is 17.7. The molecule has 2 atom stereocenters. The van der Waals surface area contributed by atoms with E-state index in [1.165, 1.54) is 0 Å². The summed E-state index contributed by atoms with van der Waals surface area (Å²) in [6, 6.07) is 19.6. The standard InChI is InChI=1S/C18H21BCl2O4/c20-17(22-11-15-7-3-1-4-8-15)13-24-19-25-14-18(21)23-12-16-9-5-2-6-10-16/h1-10,17-19H,11-14H2. The SMILES string of the molecule is ClC(COBOCC(Cl)OCc1ccccc1)OCc1ccccc1. The summed E-state index contributed by atoms with van der Waals surface area (Å²) in [7, 11) is 0.0792. The van der Waals surface area contributed by atoms with Gasteiger partial charge in [-0.25, -0.2) is 0 Å². The Morgan fingerprint density at radius 3 is 1.48 bits per heavy atom. The van der Waals surface area contributed by atoms with Gasteiger partial charge in [0.25, 0.3) is 0 Å². The van der Waals surface area contributed by atoms with Crippen LogP contribution >= 0.6 is 23.2 Å². The molecule has 0 heterocycles. The lowest BCUT2D eigenvalue weighted by molar-refractivity contribution is 0.0391. The van der Waals surface area contributed by atoms with Crippen molar-refractivity contribution in [1.82, 2.24) is 0 Å². The number of alkyl halides is 2. The molecular formula is C18H21BCl2O4. The predicted octanol–water partition coefficient (Wildman–Crippen LogP) is 3.85. The molecule has 0 saturated carbocycles. The quantitative estimate of drug-likeness (QED) is 0.317. The molecule has 2 unspecified atom stereocenters. The van der Waals surface area contributed by atoms with Gasteiger partial charge >= 0.3 is 7.69 Å². The van der Waals surface area contributed by atoms with Crippen molar-refractivity contribution in [3.05, 3.63) is 71.8 Å². The van der Waals surface area contributed by atoms with Crippen molar-refractivity contribution in [3.8, 4) is 0 Å². The lowest BCUT2D eigenvalue weighted by atomic mass is 10.2. The summed E-state index contributed by atoms with van der Waals surface area (Å²) in [4.78, 5) is 0. The van der Waals surface area contributed by atoms with Gasteiger partial charge in [0, 0.05) is 0 Å². The topological polar surface area (TPSA) is 36.9 Å². The highest BCUT2D eigenvalue weighted by Crippen LogP contribution is 2.08. The zero-order valence-corrected chi connectivity index (χ0v) is 15.4. The average Bonchev–Trinajstić information content (AvgIpc) is 2.66. The molecular weight excluding hydrogens is 362 g/mol. The Kier molecular flexibility index (Phi) is 9.96. The van der Waals surface area contributed by atoms with E-state index in [0.717, 1.165) is 11.1 Å². The van der Waals surface area contributed by atoms with Crippen molar-refractivity contribution in [2.75, 3.05) is 13.2 Å². The van der Waals surface area contributed by atoms with Gasteiger partial charge in [-0.3, -0.25) is 0 Å². The van der Waals surface area contributed by atoms with E-state index in [1.807, 2.05) is 60.7 Å². The molecule has 0 aromatic heterocycles. The Hall–Kier alpha value is -1.08. The number of halogens is 2. The summed E-state index contributed by atoms with van der Waals surface area (Å²) in [5.74, 6) is 0. The highest BCUT2D eigenvalue weighted by atomic mass is 35.5. The van der Waals surface area contributed by atoms with E-state index >= 15 is 0 Å². The van der Waals surface area contributed by atoms with Gasteiger partial charge in [-0.15, -0.1) is 0 Å². The van der Waals surface area contributed by atoms with Crippen LogP contribution in [0.15, 0.2) is 60.7 Å². The fourth-order valence-electron chi connectivity index (χ4n) is 1.96. The molecule has 2 rings (SSSR count). The molecule has 0 amide bonds. The van der Waals surface area contributed by atoms with Crippen molar-refractivity contribution in [1.29, 1.82) is 0 Å². The molecule has 0 N–H and O–H groups in total. The first-order valence-electron chi connectivity index (χ1n) is 7.98. The zero-order valence-electron chi connectivity index (χ0n) is 13.9. The first kappa shape index (κ1) is 20.2. The predicted molar refractivity (Wildman–Crippen MR) is 101 cm³/mol. The minimum Gasteiger partial charge on any atom is -0.410 e. The van der Waals surface area contributed by atoms with Crippen LogP contribution in [0.2, 0.25) is 0 Å². The van der Waals surface area contributed by atoms with Crippen LogP contribution in [0.5, 0.6) is 0 Å². The molecule has 0 saturated heterocycles. The third-order valence-corrected chi connectivity index (χ3v) is 3.72. The molecule has 7 heteroatoms. The lowest BCUT2D eigenvalue weighted by Crippen LogP contribution is -2.20. The molecule has 2 aromatic rings. The Balaban J connectivity index is 1.47. The minimum atomic E-state index is -0.537. The number of rotatable bonds is 12. The second-order valence-electron chi connectivity index (χ2n) is 5.27. The molecule has 0 radical (unpaired) electrons. The summed E-state index contributed by atoms with van der Waals surface area (Å²) in [5.41, 5.74) is 1.05. The summed E-state index contributed by atoms with van der Waals surface area (Å²) in [6.07, 6.45) is 0. The maximum absolute atomic E-state index is 6.04. The summed E-state index contributed by atoms with van der Waals surface area (Å²) >= 11 is 12.1. The molecule has 0 aliphatic heterocycles. The maximum Gasteiger partial charge on any atom is 0.438 e. The van der Waals surface area contributed by atoms with Crippen molar-refractivity contribution < 1.29 is 18.8 Å². The maximum atomic E-state index is 6.04. The van der Waals surface area contributed by atoms with E-state index in [1.54, 1.807) is 0 Å². The largest absolute Gasteiger partial charge is 0.438 e. The van der Waals surface area contributed by atoms with E-state index in [0.29, 0.717) is 13.2 Å². The third-order valence-electron chi connectivity index (χ3n) is 3.21. The van der Waals surface area contributed by atoms with E-state index < -0.39 is 11.1 Å². The van der Waals surface area contributed by atoms with Crippen molar-refractivity contribution in [2.45, 2.75) is 24.3 Å². The fraction of sp³-hybridized carbons (Fsp3) is 0.333. The molecule has 0 aliphatic carbocycles. The first-order chi connectivity index (χ1) is 12.2. The Morgan fingerprint density at radius 1 is 0.680 bits per heavy atom. The van der Waals surface area contributed by atoms with E-state index in [9.17, 15) is 0 Å². The lowest BCUT2D eigenvalue weighted by Gasteiger charge is -2.13. The first-order valence-corrected chi connectivity index (χ1v) is 8.86. The van der Waals surface area contributed by atoms with Crippen LogP contribution in [0.4, 0.5) is 0 Å². The molecule has 0 bridgehead atoms. The van der Waals surface area contributed by atoms with Gasteiger partial charge in [-0.1, -0.05) is 83.9 Å². The van der Waals surface area contributed by atoms with Gasteiger partial charge in [0.2, 0.25) is 0 Å². The second-order valence-corrected chi connectivity index (χ2v) is 6.25. The molecule has 4 nitrogen and oxygen atoms in total. The van der Waals surface area contributed by atoms with Crippen LogP contribution in [-0.4, -0.2) is 32.0 Å². The molecule has 0 aliphatic rings. The molecule has 134 valence electrons. The Bertz CT molecular complexity index is 522. The summed E-state index contributed by atoms with van der Waals surface area (Å²) < 4.78 is 21.6. The number of benzene rings is 2. The smallest absolute Gasteiger partial charge is 0.410 e. The molecule has 25 heavy (non-hydrogen) atoms. The van der Waals surface area contributed by atoms with Crippen molar-refractivity contribution >= 4 is 30.9 Å². The van der Waals surface area contributed by atoms with Crippen molar-refractivity contribution in [3.63, 3.8) is 0 Å². The molecule has 2 aromatic carbocycles. The Morgan fingerprint density at radius 2 is 1.08 bits per heavy atom. The van der Waals surface area contributed by atoms with Crippen molar-refractivity contribution in [2.24, 2.45) is 0 Å². The van der Waals surface area contributed by atoms with E-state index in [-0.39, 0.29) is 20.9 Å². The van der Waals surface area contributed by atoms with Gasteiger partial charge in [0.1, 0.15) is 0 Å². The monoisotopic (exact) mass is 382 g/mol. The normalized spacial score (nSPS) is 13.4. The van der Waals surface area contributed by atoms with Gasteiger partial charge in [0.15, 0.2) is 11.1 Å². The third kappa shape index (κ3) is 9.26. The van der Waals surface area contributed by atoms with Gasteiger partial charge in [-0.05, 0) is 11.1 Å². The highest BCUT2D eigenvalue weighted by Gasteiger charge is 2.08. The number of hydrogen-bond acceptors (Lipinski definition) is 4.